The number of benzene rings is 1. The minimum absolute atomic E-state index is 0.273. The van der Waals surface area contributed by atoms with Crippen molar-refractivity contribution in [2.24, 2.45) is 0 Å². The second kappa shape index (κ2) is 6.28. The second-order valence-electron chi connectivity index (χ2n) is 4.83. The van der Waals surface area contributed by atoms with E-state index in [4.69, 9.17) is 26.4 Å². The van der Waals surface area contributed by atoms with Gasteiger partial charge in [0.05, 0.1) is 6.10 Å². The number of hydrogen-bond donors (Lipinski definition) is 2. The average molecular weight is 294 g/mol. The van der Waals surface area contributed by atoms with E-state index < -0.39 is 0 Å². The molecule has 2 N–H and O–H groups in total. The second-order valence-corrected chi connectivity index (χ2v) is 5.24. The van der Waals surface area contributed by atoms with Crippen molar-refractivity contribution < 1.29 is 14.2 Å². The van der Waals surface area contributed by atoms with Crippen LogP contribution >= 0.6 is 12.2 Å². The summed E-state index contributed by atoms with van der Waals surface area (Å²) in [5, 5.41) is 6.92. The van der Waals surface area contributed by atoms with Crippen LogP contribution in [0.25, 0.3) is 0 Å². The Labute approximate surface area is 123 Å². The predicted molar refractivity (Wildman–Crippen MR) is 80.6 cm³/mol. The third kappa shape index (κ3) is 3.32. The first-order valence-electron chi connectivity index (χ1n) is 6.87. The maximum Gasteiger partial charge on any atom is 0.170 e. The van der Waals surface area contributed by atoms with Gasteiger partial charge in [0.2, 0.25) is 0 Å². The Hall–Kier alpha value is -1.53. The van der Waals surface area contributed by atoms with Gasteiger partial charge in [-0.3, -0.25) is 0 Å². The van der Waals surface area contributed by atoms with E-state index in [2.05, 4.69) is 10.6 Å². The van der Waals surface area contributed by atoms with Crippen molar-refractivity contribution in [1.29, 1.82) is 0 Å². The molecule has 0 unspecified atom stereocenters. The lowest BCUT2D eigenvalue weighted by molar-refractivity contribution is 0.114. The summed E-state index contributed by atoms with van der Waals surface area (Å²) in [7, 11) is 0. The minimum atomic E-state index is 0.273. The van der Waals surface area contributed by atoms with Gasteiger partial charge in [-0.1, -0.05) is 0 Å². The van der Waals surface area contributed by atoms with Crippen LogP contribution in [0.4, 0.5) is 5.69 Å². The van der Waals surface area contributed by atoms with Crippen molar-refractivity contribution in [2.75, 3.05) is 31.7 Å². The Balaban J connectivity index is 1.52. The largest absolute Gasteiger partial charge is 0.486 e. The zero-order chi connectivity index (χ0) is 13.8. The zero-order valence-electron chi connectivity index (χ0n) is 11.2. The van der Waals surface area contributed by atoms with E-state index in [0.717, 1.165) is 43.2 Å². The molecule has 1 fully saturated rings. The molecule has 0 bridgehead atoms. The van der Waals surface area contributed by atoms with Crippen LogP contribution in [0.2, 0.25) is 0 Å². The van der Waals surface area contributed by atoms with Crippen LogP contribution < -0.4 is 20.1 Å². The van der Waals surface area contributed by atoms with Crippen LogP contribution in [0.15, 0.2) is 18.2 Å². The number of hydrogen-bond acceptors (Lipinski definition) is 4. The van der Waals surface area contributed by atoms with E-state index >= 15 is 0 Å². The Kier molecular flexibility index (Phi) is 4.22. The van der Waals surface area contributed by atoms with E-state index in [1.165, 1.54) is 0 Å². The lowest BCUT2D eigenvalue weighted by atomic mass is 10.2. The van der Waals surface area contributed by atoms with Gasteiger partial charge in [-0.05, 0) is 37.2 Å². The van der Waals surface area contributed by atoms with Crippen LogP contribution in [-0.4, -0.2) is 37.6 Å². The quantitative estimate of drug-likeness (QED) is 0.831. The Morgan fingerprint density at radius 2 is 2.05 bits per heavy atom. The number of fused-ring (bicyclic) bond motifs is 1. The number of thiocarbonyl (C=S) groups is 1. The Bertz CT molecular complexity index is 489. The van der Waals surface area contributed by atoms with E-state index in [1.54, 1.807) is 0 Å². The van der Waals surface area contributed by atoms with Gasteiger partial charge in [-0.25, -0.2) is 0 Å². The molecule has 0 aliphatic carbocycles. The fourth-order valence-electron chi connectivity index (χ4n) is 2.31. The van der Waals surface area contributed by atoms with Crippen molar-refractivity contribution in [3.63, 3.8) is 0 Å². The molecule has 2 heterocycles. The van der Waals surface area contributed by atoms with Crippen molar-refractivity contribution in [1.82, 2.24) is 5.32 Å². The molecule has 1 aromatic rings. The molecule has 1 aromatic carbocycles. The molecule has 1 atom stereocenters. The maximum atomic E-state index is 5.54. The molecule has 6 heteroatoms. The molecule has 0 amide bonds. The van der Waals surface area contributed by atoms with Gasteiger partial charge in [-0.2, -0.15) is 0 Å². The Morgan fingerprint density at radius 1 is 1.20 bits per heavy atom. The molecular weight excluding hydrogens is 276 g/mol. The van der Waals surface area contributed by atoms with Crippen LogP contribution in [0.3, 0.4) is 0 Å². The van der Waals surface area contributed by atoms with Gasteiger partial charge in [-0.15, -0.1) is 0 Å². The first-order chi connectivity index (χ1) is 9.81. The van der Waals surface area contributed by atoms with E-state index in [1.807, 2.05) is 18.2 Å². The maximum absolute atomic E-state index is 5.54. The Morgan fingerprint density at radius 3 is 2.85 bits per heavy atom. The fourth-order valence-corrected chi connectivity index (χ4v) is 2.51. The first-order valence-corrected chi connectivity index (χ1v) is 7.28. The average Bonchev–Trinajstić information content (AvgIpc) is 2.98. The normalized spacial score (nSPS) is 20.5. The zero-order valence-corrected chi connectivity index (χ0v) is 12.0. The fraction of sp³-hybridized carbons (Fsp3) is 0.500. The topological polar surface area (TPSA) is 51.8 Å². The van der Waals surface area contributed by atoms with Crippen LogP contribution in [0.1, 0.15) is 12.8 Å². The molecule has 0 radical (unpaired) electrons. The third-order valence-corrected chi connectivity index (χ3v) is 3.56. The van der Waals surface area contributed by atoms with Crippen molar-refractivity contribution in [3.05, 3.63) is 18.2 Å². The molecule has 1 saturated heterocycles. The summed E-state index contributed by atoms with van der Waals surface area (Å²) in [5.41, 5.74) is 0.888. The number of ether oxygens (including phenoxy) is 3. The predicted octanol–water partition coefficient (Wildman–Crippen LogP) is 1.92. The van der Waals surface area contributed by atoms with Crippen LogP contribution in [-0.2, 0) is 4.74 Å². The summed E-state index contributed by atoms with van der Waals surface area (Å²) < 4.78 is 16.6. The van der Waals surface area contributed by atoms with E-state index in [-0.39, 0.29) is 6.10 Å². The number of anilines is 1. The number of rotatable bonds is 3. The molecule has 2 aliphatic rings. The summed E-state index contributed by atoms with van der Waals surface area (Å²) in [6, 6.07) is 5.71. The van der Waals surface area contributed by atoms with Gasteiger partial charge < -0.3 is 24.8 Å². The first kappa shape index (κ1) is 13.5. The highest BCUT2D eigenvalue weighted by molar-refractivity contribution is 7.80. The molecule has 20 heavy (non-hydrogen) atoms. The highest BCUT2D eigenvalue weighted by Crippen LogP contribution is 2.32. The molecule has 5 nitrogen and oxygen atoms in total. The third-order valence-electron chi connectivity index (χ3n) is 3.31. The van der Waals surface area contributed by atoms with Crippen molar-refractivity contribution in [3.8, 4) is 11.5 Å². The molecule has 0 saturated carbocycles. The molecular formula is C14H18N2O3S. The SMILES string of the molecule is S=C(NC[C@@H]1CCCO1)Nc1ccc2c(c1)OCCO2. The molecule has 2 aliphatic heterocycles. The van der Waals surface area contributed by atoms with Gasteiger partial charge in [0.15, 0.2) is 16.6 Å². The van der Waals surface area contributed by atoms with Crippen LogP contribution in [0, 0.1) is 0 Å². The molecule has 3 rings (SSSR count). The lowest BCUT2D eigenvalue weighted by Gasteiger charge is -2.19. The van der Waals surface area contributed by atoms with Crippen molar-refractivity contribution in [2.45, 2.75) is 18.9 Å². The minimum Gasteiger partial charge on any atom is -0.486 e. The van der Waals surface area contributed by atoms with Gasteiger partial charge in [0.25, 0.3) is 0 Å². The highest BCUT2D eigenvalue weighted by atomic mass is 32.1. The lowest BCUT2D eigenvalue weighted by Crippen LogP contribution is -2.34. The molecule has 108 valence electrons. The van der Waals surface area contributed by atoms with Crippen LogP contribution in [0.5, 0.6) is 11.5 Å². The monoisotopic (exact) mass is 294 g/mol. The van der Waals surface area contributed by atoms with Crippen molar-refractivity contribution >= 4 is 23.0 Å². The van der Waals surface area contributed by atoms with Gasteiger partial charge in [0, 0.05) is 24.9 Å². The smallest absolute Gasteiger partial charge is 0.170 e. The summed E-state index contributed by atoms with van der Waals surface area (Å²) >= 11 is 5.28. The summed E-state index contributed by atoms with van der Waals surface area (Å²) in [5.74, 6) is 1.53. The molecule has 0 spiro atoms. The van der Waals surface area contributed by atoms with E-state index in [0.29, 0.717) is 18.3 Å². The summed E-state index contributed by atoms with van der Waals surface area (Å²) in [6.07, 6.45) is 2.50. The highest BCUT2D eigenvalue weighted by Gasteiger charge is 2.16. The van der Waals surface area contributed by atoms with E-state index in [9.17, 15) is 0 Å². The van der Waals surface area contributed by atoms with Gasteiger partial charge in [0.1, 0.15) is 13.2 Å². The summed E-state index contributed by atoms with van der Waals surface area (Å²) in [4.78, 5) is 0. The summed E-state index contributed by atoms with van der Waals surface area (Å²) in [6.45, 7) is 2.78. The standard InChI is InChI=1S/C14H18N2O3S/c20-14(15-9-11-2-1-5-17-11)16-10-3-4-12-13(8-10)19-7-6-18-12/h3-4,8,11H,1-2,5-7,9H2,(H2,15,16,20)/t11-/m0/s1. The molecule has 0 aromatic heterocycles. The van der Waals surface area contributed by atoms with Gasteiger partial charge >= 0.3 is 0 Å². The number of nitrogens with one attached hydrogen (secondary N) is 2.